The molecule has 134 valence electrons. The third kappa shape index (κ3) is 3.63. The fourth-order valence-corrected chi connectivity index (χ4v) is 5.29. The molecule has 1 aromatic heterocycles. The van der Waals surface area contributed by atoms with Crippen molar-refractivity contribution in [3.8, 4) is 0 Å². The van der Waals surface area contributed by atoms with Gasteiger partial charge in [-0.2, -0.15) is 0 Å². The lowest BCUT2D eigenvalue weighted by atomic mass is 9.95. The number of thiophene rings is 1. The van der Waals surface area contributed by atoms with Crippen LogP contribution in [0, 0.1) is 0 Å². The van der Waals surface area contributed by atoms with E-state index in [0.717, 1.165) is 24.8 Å². The number of aryl methyl sites for hydroxylation is 1. The van der Waals surface area contributed by atoms with E-state index in [0.29, 0.717) is 5.56 Å². The number of carbonyl (C=O) groups is 1. The fraction of sp³-hybridized carbons (Fsp3) is 0.389. The van der Waals surface area contributed by atoms with Crippen molar-refractivity contribution in [2.45, 2.75) is 37.1 Å². The molecule has 1 aliphatic rings. The molecule has 0 fully saturated rings. The van der Waals surface area contributed by atoms with Crippen LogP contribution in [0.15, 0.2) is 34.5 Å². The molecule has 1 amide bonds. The van der Waals surface area contributed by atoms with E-state index in [-0.39, 0.29) is 17.3 Å². The summed E-state index contributed by atoms with van der Waals surface area (Å²) in [4.78, 5) is 14.1. The summed E-state index contributed by atoms with van der Waals surface area (Å²) in [5.74, 6) is -0.128. The van der Waals surface area contributed by atoms with Gasteiger partial charge in [-0.05, 0) is 42.9 Å². The van der Waals surface area contributed by atoms with Gasteiger partial charge in [0.15, 0.2) is 0 Å². The van der Waals surface area contributed by atoms with Crippen LogP contribution in [0.2, 0.25) is 0 Å². The highest BCUT2D eigenvalue weighted by Crippen LogP contribution is 2.30. The molecule has 0 saturated carbocycles. The van der Waals surface area contributed by atoms with E-state index in [4.69, 9.17) is 0 Å². The van der Waals surface area contributed by atoms with E-state index in [1.807, 2.05) is 5.38 Å². The molecule has 25 heavy (non-hydrogen) atoms. The van der Waals surface area contributed by atoms with Crippen molar-refractivity contribution in [1.82, 2.24) is 9.62 Å². The van der Waals surface area contributed by atoms with Crippen molar-refractivity contribution < 1.29 is 13.2 Å². The first-order valence-electron chi connectivity index (χ1n) is 8.29. The number of nitrogens with zero attached hydrogens (tertiary/aromatic N) is 1. The number of rotatable bonds is 5. The van der Waals surface area contributed by atoms with E-state index < -0.39 is 10.0 Å². The number of fused-ring (bicyclic) bond motifs is 1. The minimum absolute atomic E-state index is 0.128. The zero-order valence-corrected chi connectivity index (χ0v) is 16.0. The highest BCUT2D eigenvalue weighted by atomic mass is 32.2. The Bertz CT molecular complexity index is 885. The van der Waals surface area contributed by atoms with Crippen LogP contribution in [0.1, 0.15) is 39.2 Å². The van der Waals surface area contributed by atoms with Gasteiger partial charge in [-0.25, -0.2) is 12.7 Å². The monoisotopic (exact) mass is 378 g/mol. The molecule has 0 saturated heterocycles. The van der Waals surface area contributed by atoms with E-state index in [1.54, 1.807) is 35.6 Å². The molecule has 5 nitrogen and oxygen atoms in total. The molecule has 0 radical (unpaired) electrons. The van der Waals surface area contributed by atoms with Crippen molar-refractivity contribution in [1.29, 1.82) is 0 Å². The molecule has 7 heteroatoms. The van der Waals surface area contributed by atoms with Gasteiger partial charge in [0.05, 0.1) is 10.5 Å². The second-order valence-corrected chi connectivity index (χ2v) is 9.42. The van der Waals surface area contributed by atoms with Gasteiger partial charge >= 0.3 is 0 Å². The second kappa shape index (κ2) is 7.27. The van der Waals surface area contributed by atoms with Crippen LogP contribution in [-0.4, -0.2) is 32.7 Å². The molecule has 1 heterocycles. The summed E-state index contributed by atoms with van der Waals surface area (Å²) in [5, 5.41) is 4.81. The number of benzene rings is 1. The lowest BCUT2D eigenvalue weighted by Gasteiger charge is -2.16. The molecule has 0 bridgehead atoms. The predicted molar refractivity (Wildman–Crippen MR) is 99.4 cm³/mol. The van der Waals surface area contributed by atoms with Gasteiger partial charge in [0.1, 0.15) is 0 Å². The summed E-state index contributed by atoms with van der Waals surface area (Å²) in [6.45, 7) is 0.187. The first-order chi connectivity index (χ1) is 11.9. The maximum Gasteiger partial charge on any atom is 0.252 e. The lowest BCUT2D eigenvalue weighted by molar-refractivity contribution is 0.0950. The Morgan fingerprint density at radius 3 is 2.68 bits per heavy atom. The minimum Gasteiger partial charge on any atom is -0.348 e. The van der Waals surface area contributed by atoms with Crippen LogP contribution < -0.4 is 5.32 Å². The third-order valence-electron chi connectivity index (χ3n) is 4.48. The van der Waals surface area contributed by atoms with Crippen LogP contribution in [0.25, 0.3) is 0 Å². The van der Waals surface area contributed by atoms with Crippen molar-refractivity contribution in [3.63, 3.8) is 0 Å². The van der Waals surface area contributed by atoms with Crippen LogP contribution >= 0.6 is 11.3 Å². The molecule has 0 spiro atoms. The smallest absolute Gasteiger partial charge is 0.252 e. The van der Waals surface area contributed by atoms with Crippen LogP contribution in [-0.2, 0) is 29.4 Å². The van der Waals surface area contributed by atoms with Crippen molar-refractivity contribution in [3.05, 3.63) is 51.2 Å². The molecule has 1 aliphatic carbocycles. The standard InChI is InChI=1S/C18H22N2O3S2/c1-20(2)25(22,23)17-10-6-3-7-13(17)11-19-18(21)15-12-24-16-9-5-4-8-14(15)16/h3,6-7,10,12H,4-5,8-9,11H2,1-2H3,(H,19,21). The molecule has 1 aromatic carbocycles. The molecule has 3 rings (SSSR count). The summed E-state index contributed by atoms with van der Waals surface area (Å²) in [6, 6.07) is 6.78. The maximum absolute atomic E-state index is 12.6. The van der Waals surface area contributed by atoms with E-state index >= 15 is 0 Å². The predicted octanol–water partition coefficient (Wildman–Crippen LogP) is 2.81. The molecule has 0 aliphatic heterocycles. The van der Waals surface area contributed by atoms with Gasteiger partial charge in [0.2, 0.25) is 10.0 Å². The SMILES string of the molecule is CN(C)S(=O)(=O)c1ccccc1CNC(=O)c1csc2c1CCCC2. The summed E-state index contributed by atoms with van der Waals surface area (Å²) in [7, 11) is -0.535. The molecule has 0 unspecified atom stereocenters. The zero-order chi connectivity index (χ0) is 18.0. The highest BCUT2D eigenvalue weighted by Gasteiger charge is 2.22. The normalized spacial score (nSPS) is 14.4. The molecule has 0 atom stereocenters. The van der Waals surface area contributed by atoms with E-state index in [2.05, 4.69) is 5.32 Å². The minimum atomic E-state index is -3.54. The summed E-state index contributed by atoms with van der Waals surface area (Å²) < 4.78 is 26.0. The number of hydrogen-bond donors (Lipinski definition) is 1. The Morgan fingerprint density at radius 1 is 1.20 bits per heavy atom. The van der Waals surface area contributed by atoms with Crippen molar-refractivity contribution >= 4 is 27.3 Å². The average molecular weight is 379 g/mol. The third-order valence-corrected chi connectivity index (χ3v) is 7.48. The quantitative estimate of drug-likeness (QED) is 0.870. The Kier molecular flexibility index (Phi) is 5.27. The van der Waals surface area contributed by atoms with Gasteiger partial charge in [-0.1, -0.05) is 18.2 Å². The number of amides is 1. The van der Waals surface area contributed by atoms with Crippen LogP contribution in [0.3, 0.4) is 0 Å². The Hall–Kier alpha value is -1.70. The molecule has 1 N–H and O–H groups in total. The summed E-state index contributed by atoms with van der Waals surface area (Å²) in [6.07, 6.45) is 4.31. The maximum atomic E-state index is 12.6. The average Bonchev–Trinajstić information content (AvgIpc) is 3.04. The van der Waals surface area contributed by atoms with E-state index in [1.165, 1.54) is 35.3 Å². The number of sulfonamides is 1. The van der Waals surface area contributed by atoms with Gasteiger partial charge < -0.3 is 5.32 Å². The molecular formula is C18H22N2O3S2. The van der Waals surface area contributed by atoms with E-state index in [9.17, 15) is 13.2 Å². The van der Waals surface area contributed by atoms with Crippen molar-refractivity contribution in [2.75, 3.05) is 14.1 Å². The Morgan fingerprint density at radius 2 is 1.92 bits per heavy atom. The zero-order valence-electron chi connectivity index (χ0n) is 14.4. The van der Waals surface area contributed by atoms with Gasteiger partial charge in [-0.15, -0.1) is 11.3 Å². The molecular weight excluding hydrogens is 356 g/mol. The van der Waals surface area contributed by atoms with Gasteiger partial charge in [0.25, 0.3) is 5.91 Å². The number of hydrogen-bond acceptors (Lipinski definition) is 4. The Labute approximate surface area is 152 Å². The second-order valence-electron chi connectivity index (χ2n) is 6.34. The lowest BCUT2D eigenvalue weighted by Crippen LogP contribution is -2.27. The first-order valence-corrected chi connectivity index (χ1v) is 10.6. The van der Waals surface area contributed by atoms with Gasteiger partial charge in [-0.3, -0.25) is 4.79 Å². The molecule has 2 aromatic rings. The topological polar surface area (TPSA) is 66.5 Å². The largest absolute Gasteiger partial charge is 0.348 e. The summed E-state index contributed by atoms with van der Waals surface area (Å²) in [5.41, 5.74) is 2.50. The number of nitrogens with one attached hydrogen (secondary N) is 1. The number of carbonyl (C=O) groups excluding carboxylic acids is 1. The van der Waals surface area contributed by atoms with Crippen LogP contribution in [0.5, 0.6) is 0 Å². The highest BCUT2D eigenvalue weighted by molar-refractivity contribution is 7.89. The first kappa shape index (κ1) is 18.1. The van der Waals surface area contributed by atoms with Crippen molar-refractivity contribution in [2.24, 2.45) is 0 Å². The summed E-state index contributed by atoms with van der Waals surface area (Å²) >= 11 is 1.65. The van der Waals surface area contributed by atoms with Gasteiger partial charge in [0, 0.05) is 30.9 Å². The van der Waals surface area contributed by atoms with Crippen LogP contribution in [0.4, 0.5) is 0 Å². The fourth-order valence-electron chi connectivity index (χ4n) is 3.05. The Balaban J connectivity index is 1.79.